The second-order valence-corrected chi connectivity index (χ2v) is 9.74. The number of hydrogen-bond acceptors (Lipinski definition) is 7. The normalized spacial score (nSPS) is 11.7. The van der Waals surface area contributed by atoms with Gasteiger partial charge in [-0.15, -0.1) is 0 Å². The summed E-state index contributed by atoms with van der Waals surface area (Å²) in [5.41, 5.74) is 0.796. The largest absolute Gasteiger partial charge is 0.481 e. The van der Waals surface area contributed by atoms with Crippen LogP contribution in [0.4, 0.5) is 0 Å². The van der Waals surface area contributed by atoms with Gasteiger partial charge in [-0.2, -0.15) is 4.98 Å². The van der Waals surface area contributed by atoms with Crippen LogP contribution in [0.2, 0.25) is 10.0 Å². The van der Waals surface area contributed by atoms with Crippen molar-refractivity contribution in [3.63, 3.8) is 0 Å². The molecule has 1 aromatic heterocycles. The number of benzene rings is 1. The van der Waals surface area contributed by atoms with E-state index in [0.29, 0.717) is 5.75 Å². The van der Waals surface area contributed by atoms with Gasteiger partial charge in [-0.3, -0.25) is 4.57 Å². The predicted octanol–water partition coefficient (Wildman–Crippen LogP) is 7.06. The molecule has 0 saturated heterocycles. The third kappa shape index (κ3) is 6.81. The van der Waals surface area contributed by atoms with E-state index >= 15 is 0 Å². The zero-order chi connectivity index (χ0) is 21.6. The Morgan fingerprint density at radius 3 is 2.24 bits per heavy atom. The molecular formula is C18H22BrCl2N2O5P. The first-order valence-corrected chi connectivity index (χ1v) is 12.2. The van der Waals surface area contributed by atoms with E-state index in [-0.39, 0.29) is 47.3 Å². The molecule has 0 atom stereocenters. The van der Waals surface area contributed by atoms with Crippen molar-refractivity contribution in [2.45, 2.75) is 33.6 Å². The lowest BCUT2D eigenvalue weighted by Gasteiger charge is -2.18. The molecule has 1 heterocycles. The fourth-order valence-corrected chi connectivity index (χ4v) is 4.80. The van der Waals surface area contributed by atoms with Crippen LogP contribution in [0.3, 0.4) is 0 Å². The minimum atomic E-state index is -3.37. The van der Waals surface area contributed by atoms with E-state index in [9.17, 15) is 4.57 Å². The van der Waals surface area contributed by atoms with Crippen LogP contribution in [0.5, 0.6) is 17.5 Å². The Balaban J connectivity index is 2.19. The Bertz CT molecular complexity index is 868. The SMILES string of the molecule is CCOP(=O)(COc1cc(Cl)c(Oc2ncc(Br)c(C(C)C)n2)c(Cl)c1)OCC. The van der Waals surface area contributed by atoms with Crippen LogP contribution in [-0.2, 0) is 13.6 Å². The monoisotopic (exact) mass is 526 g/mol. The van der Waals surface area contributed by atoms with Gasteiger partial charge in [0.25, 0.3) is 0 Å². The highest BCUT2D eigenvalue weighted by Gasteiger charge is 2.25. The lowest BCUT2D eigenvalue weighted by Crippen LogP contribution is -2.06. The Morgan fingerprint density at radius 2 is 1.72 bits per heavy atom. The lowest BCUT2D eigenvalue weighted by molar-refractivity contribution is 0.197. The van der Waals surface area contributed by atoms with Crippen LogP contribution in [0.25, 0.3) is 0 Å². The van der Waals surface area contributed by atoms with Crippen molar-refractivity contribution in [3.8, 4) is 17.5 Å². The molecule has 0 fully saturated rings. The first-order valence-electron chi connectivity index (χ1n) is 8.89. The predicted molar refractivity (Wildman–Crippen MR) is 117 cm³/mol. The first-order chi connectivity index (χ1) is 13.7. The Labute approximate surface area is 188 Å². The summed E-state index contributed by atoms with van der Waals surface area (Å²) >= 11 is 16.0. The number of nitrogens with zero attached hydrogens (tertiary/aromatic N) is 2. The number of aromatic nitrogens is 2. The van der Waals surface area contributed by atoms with Gasteiger partial charge in [-0.05, 0) is 35.7 Å². The Morgan fingerprint density at radius 1 is 1.14 bits per heavy atom. The number of ether oxygens (including phenoxy) is 2. The summed E-state index contributed by atoms with van der Waals surface area (Å²) in [6, 6.07) is 3.10. The molecule has 0 amide bonds. The van der Waals surface area contributed by atoms with Crippen molar-refractivity contribution in [3.05, 3.63) is 38.5 Å². The third-order valence-electron chi connectivity index (χ3n) is 3.50. The summed E-state index contributed by atoms with van der Waals surface area (Å²) in [5, 5.41) is 0.375. The van der Waals surface area contributed by atoms with Crippen LogP contribution in [0.1, 0.15) is 39.3 Å². The van der Waals surface area contributed by atoms with Gasteiger partial charge >= 0.3 is 13.6 Å². The molecule has 2 aromatic rings. The standard InChI is InChI=1S/C18H22BrCl2N2O5P/c1-5-26-29(24,27-6-2)10-25-12-7-14(20)17(15(21)8-12)28-18-22-9-13(19)16(23-18)11(3)4/h7-9,11H,5-6,10H2,1-4H3. The van der Waals surface area contributed by atoms with Crippen molar-refractivity contribution in [2.75, 3.05) is 19.6 Å². The van der Waals surface area contributed by atoms with Gasteiger partial charge in [0, 0.05) is 18.3 Å². The molecule has 160 valence electrons. The molecule has 0 saturated carbocycles. The van der Waals surface area contributed by atoms with Crippen LogP contribution < -0.4 is 9.47 Å². The van der Waals surface area contributed by atoms with E-state index in [1.807, 2.05) is 13.8 Å². The van der Waals surface area contributed by atoms with Crippen LogP contribution in [0, 0.1) is 0 Å². The molecular weight excluding hydrogens is 506 g/mol. The molecule has 0 aliphatic heterocycles. The highest BCUT2D eigenvalue weighted by molar-refractivity contribution is 9.10. The minimum absolute atomic E-state index is 0.117. The maximum absolute atomic E-state index is 12.5. The molecule has 0 aliphatic carbocycles. The van der Waals surface area contributed by atoms with E-state index in [1.54, 1.807) is 20.0 Å². The molecule has 7 nitrogen and oxygen atoms in total. The summed E-state index contributed by atoms with van der Waals surface area (Å²) in [5.74, 6) is 0.657. The van der Waals surface area contributed by atoms with Crippen LogP contribution in [0.15, 0.2) is 22.8 Å². The average molecular weight is 528 g/mol. The molecule has 0 aliphatic rings. The molecule has 29 heavy (non-hydrogen) atoms. The van der Waals surface area contributed by atoms with Gasteiger partial charge in [0.15, 0.2) is 12.1 Å². The van der Waals surface area contributed by atoms with Crippen molar-refractivity contribution in [1.82, 2.24) is 9.97 Å². The van der Waals surface area contributed by atoms with Crippen molar-refractivity contribution in [2.24, 2.45) is 0 Å². The quantitative estimate of drug-likeness (QED) is 0.306. The van der Waals surface area contributed by atoms with Crippen LogP contribution in [-0.4, -0.2) is 29.5 Å². The summed E-state index contributed by atoms with van der Waals surface area (Å²) in [6.45, 7) is 7.93. The lowest BCUT2D eigenvalue weighted by atomic mass is 10.1. The van der Waals surface area contributed by atoms with Gasteiger partial charge < -0.3 is 18.5 Å². The van der Waals surface area contributed by atoms with E-state index in [4.69, 9.17) is 41.7 Å². The second-order valence-electron chi connectivity index (χ2n) is 6.08. The maximum atomic E-state index is 12.5. The highest BCUT2D eigenvalue weighted by Crippen LogP contribution is 2.48. The van der Waals surface area contributed by atoms with E-state index in [2.05, 4.69) is 25.9 Å². The topological polar surface area (TPSA) is 79.8 Å². The maximum Gasteiger partial charge on any atom is 0.367 e. The Kier molecular flexibility index (Phi) is 9.19. The second kappa shape index (κ2) is 10.9. The number of halogens is 3. The molecule has 0 N–H and O–H groups in total. The molecule has 0 unspecified atom stereocenters. The molecule has 2 rings (SSSR count). The zero-order valence-electron chi connectivity index (χ0n) is 16.4. The first kappa shape index (κ1) is 24.4. The van der Waals surface area contributed by atoms with Gasteiger partial charge in [0.1, 0.15) is 5.75 Å². The van der Waals surface area contributed by atoms with Gasteiger partial charge in [-0.1, -0.05) is 37.0 Å². The fourth-order valence-electron chi connectivity index (χ4n) is 2.28. The van der Waals surface area contributed by atoms with Crippen LogP contribution >= 0.6 is 46.7 Å². The smallest absolute Gasteiger partial charge is 0.367 e. The molecule has 11 heteroatoms. The van der Waals surface area contributed by atoms with E-state index < -0.39 is 7.60 Å². The van der Waals surface area contributed by atoms with Crippen molar-refractivity contribution in [1.29, 1.82) is 0 Å². The third-order valence-corrected chi connectivity index (χ3v) is 6.42. The van der Waals surface area contributed by atoms with Crippen molar-refractivity contribution < 1.29 is 23.1 Å². The van der Waals surface area contributed by atoms with Gasteiger partial charge in [0.2, 0.25) is 0 Å². The molecule has 0 radical (unpaired) electrons. The fraction of sp³-hybridized carbons (Fsp3) is 0.444. The van der Waals surface area contributed by atoms with Gasteiger partial charge in [-0.25, -0.2) is 4.98 Å². The molecule has 0 bridgehead atoms. The number of rotatable bonds is 10. The summed E-state index contributed by atoms with van der Waals surface area (Å²) < 4.78 is 34.9. The van der Waals surface area contributed by atoms with Gasteiger partial charge in [0.05, 0.1) is 33.4 Å². The molecule has 1 aromatic carbocycles. The summed E-state index contributed by atoms with van der Waals surface area (Å²) in [7, 11) is -3.37. The number of hydrogen-bond donors (Lipinski definition) is 0. The Hall–Kier alpha value is -0.890. The summed E-state index contributed by atoms with van der Waals surface area (Å²) in [4.78, 5) is 8.51. The minimum Gasteiger partial charge on any atom is -0.481 e. The van der Waals surface area contributed by atoms with Crippen molar-refractivity contribution >= 4 is 46.7 Å². The molecule has 0 spiro atoms. The van der Waals surface area contributed by atoms with E-state index in [1.165, 1.54) is 12.1 Å². The summed E-state index contributed by atoms with van der Waals surface area (Å²) in [6.07, 6.45) is 1.34. The average Bonchev–Trinajstić information content (AvgIpc) is 2.64. The highest BCUT2D eigenvalue weighted by atomic mass is 79.9. The van der Waals surface area contributed by atoms with E-state index in [0.717, 1.165) is 10.2 Å². The zero-order valence-corrected chi connectivity index (χ0v) is 20.4.